The Labute approximate surface area is 166 Å². The van der Waals surface area contributed by atoms with E-state index in [1.807, 2.05) is 39.9 Å². The van der Waals surface area contributed by atoms with Crippen LogP contribution in [0.2, 0.25) is 0 Å². The van der Waals surface area contributed by atoms with Gasteiger partial charge in [-0.2, -0.15) is 0 Å². The van der Waals surface area contributed by atoms with Gasteiger partial charge in [0.15, 0.2) is 0 Å². The van der Waals surface area contributed by atoms with Crippen molar-refractivity contribution in [2.45, 2.75) is 19.5 Å². The second-order valence-corrected chi connectivity index (χ2v) is 6.57. The van der Waals surface area contributed by atoms with Crippen molar-refractivity contribution in [3.05, 3.63) is 59.0 Å². The first kappa shape index (κ1) is 18.7. The zero-order chi connectivity index (χ0) is 20.2. The molecule has 0 saturated carbocycles. The van der Waals surface area contributed by atoms with Crippen molar-refractivity contribution in [1.82, 2.24) is 29.6 Å². The Morgan fingerprint density at radius 1 is 1.21 bits per heavy atom. The quantitative estimate of drug-likeness (QED) is 0.590. The smallest absolute Gasteiger partial charge is 0.286 e. The molecular weight excluding hydrogens is 374 g/mol. The van der Waals surface area contributed by atoms with Crippen LogP contribution in [0.3, 0.4) is 0 Å². The normalized spacial score (nSPS) is 12.7. The zero-order valence-electron chi connectivity index (χ0n) is 16.0. The van der Waals surface area contributed by atoms with E-state index in [-0.39, 0.29) is 5.69 Å². The highest BCUT2D eigenvalue weighted by Crippen LogP contribution is 2.28. The lowest BCUT2D eigenvalue weighted by Gasteiger charge is -2.17. The number of fused-ring (bicyclic) bond motifs is 1. The third-order valence-corrected chi connectivity index (χ3v) is 4.75. The van der Waals surface area contributed by atoms with Gasteiger partial charge in [-0.3, -0.25) is 14.2 Å². The molecule has 150 valence electrons. The molecule has 10 heteroatoms. The number of aromatic nitrogens is 5. The molecule has 0 spiro atoms. The topological polar surface area (TPSA) is 107 Å². The minimum absolute atomic E-state index is 0.187. The molecule has 4 rings (SSSR count). The van der Waals surface area contributed by atoms with Crippen LogP contribution in [0.15, 0.2) is 47.8 Å². The number of rotatable bonds is 7. The van der Waals surface area contributed by atoms with E-state index in [1.54, 1.807) is 19.6 Å². The number of carbonyl (C=O) groups excluding carboxylic acids is 1. The van der Waals surface area contributed by atoms with Crippen molar-refractivity contribution in [2.24, 2.45) is 0 Å². The van der Waals surface area contributed by atoms with E-state index in [4.69, 9.17) is 4.74 Å². The highest BCUT2D eigenvalue weighted by Gasteiger charge is 2.27. The van der Waals surface area contributed by atoms with Gasteiger partial charge in [0, 0.05) is 44.3 Å². The second-order valence-electron chi connectivity index (χ2n) is 6.57. The first-order valence-electron chi connectivity index (χ1n) is 9.30. The van der Waals surface area contributed by atoms with E-state index in [1.165, 1.54) is 4.57 Å². The summed E-state index contributed by atoms with van der Waals surface area (Å²) in [6.45, 7) is 2.17. The lowest BCUT2D eigenvalue weighted by Crippen LogP contribution is -2.35. The highest BCUT2D eigenvalue weighted by molar-refractivity contribution is 5.91. The number of amides is 1. The summed E-state index contributed by atoms with van der Waals surface area (Å²) >= 11 is 0. The van der Waals surface area contributed by atoms with Crippen molar-refractivity contribution in [3.63, 3.8) is 0 Å². The Hall–Kier alpha value is -3.69. The number of aryl methyl sites for hydroxylation is 1. The van der Waals surface area contributed by atoms with Gasteiger partial charge in [-0.15, -0.1) is 10.2 Å². The molecule has 0 radical (unpaired) electrons. The molecule has 0 fully saturated rings. The number of ether oxygens (including phenoxy) is 1. The predicted octanol–water partition coefficient (Wildman–Crippen LogP) is 0.815. The van der Waals surface area contributed by atoms with Crippen LogP contribution in [0.1, 0.15) is 16.9 Å². The highest BCUT2D eigenvalue weighted by atomic mass is 16.5. The first-order valence-corrected chi connectivity index (χ1v) is 9.30. The van der Waals surface area contributed by atoms with Crippen molar-refractivity contribution >= 4 is 17.5 Å². The average Bonchev–Trinajstić information content (AvgIpc) is 3.41. The molecular formula is C19H21N7O3. The molecule has 3 heterocycles. The number of hydrogen-bond donors (Lipinski definition) is 1. The fourth-order valence-corrected chi connectivity index (χ4v) is 3.23. The molecule has 0 bridgehead atoms. The summed E-state index contributed by atoms with van der Waals surface area (Å²) in [6.07, 6.45) is 5.99. The summed E-state index contributed by atoms with van der Waals surface area (Å²) in [5, 5.41) is 10.8. The number of nitrogens with zero attached hydrogens (tertiary/aromatic N) is 6. The van der Waals surface area contributed by atoms with Crippen molar-refractivity contribution < 1.29 is 9.53 Å². The number of benzene rings is 1. The Bertz CT molecular complexity index is 1040. The Morgan fingerprint density at radius 3 is 2.76 bits per heavy atom. The second kappa shape index (κ2) is 8.13. The Kier molecular flexibility index (Phi) is 5.23. The number of hydrogen-bond acceptors (Lipinski definition) is 7. The largest absolute Gasteiger partial charge is 0.497 e. The maximum absolute atomic E-state index is 12.7. The standard InChI is InChI=1S/C19H21N7O3/c1-29-15-5-3-14(4-6-15)25-11-12-26-18(28)16(22-23-19(25)26)17(27)21-7-2-9-24-10-8-20-13-24/h3-6,8,10,13H,2,7,9,11-12H2,1H3,(H,21,27). The molecule has 1 aliphatic heterocycles. The van der Waals surface area contributed by atoms with Gasteiger partial charge in [0.05, 0.1) is 13.4 Å². The van der Waals surface area contributed by atoms with E-state index in [0.29, 0.717) is 32.0 Å². The number of methoxy groups -OCH3 is 1. The fourth-order valence-electron chi connectivity index (χ4n) is 3.23. The SMILES string of the molecule is COc1ccc(N2CCn3c2nnc(C(=O)NCCCn2ccnc2)c3=O)cc1. The van der Waals surface area contributed by atoms with Crippen LogP contribution in [-0.2, 0) is 13.1 Å². The van der Waals surface area contributed by atoms with Crippen LogP contribution in [0.25, 0.3) is 0 Å². The molecule has 29 heavy (non-hydrogen) atoms. The molecule has 0 unspecified atom stereocenters. The van der Waals surface area contributed by atoms with Crippen molar-refractivity contribution in [1.29, 1.82) is 0 Å². The lowest BCUT2D eigenvalue weighted by atomic mass is 10.3. The third-order valence-electron chi connectivity index (χ3n) is 4.75. The Morgan fingerprint density at radius 2 is 2.03 bits per heavy atom. The number of nitrogens with one attached hydrogen (secondary N) is 1. The summed E-state index contributed by atoms with van der Waals surface area (Å²) in [5.74, 6) is 0.666. The van der Waals surface area contributed by atoms with Crippen molar-refractivity contribution in [3.8, 4) is 5.75 Å². The van der Waals surface area contributed by atoms with Crippen LogP contribution < -0.4 is 20.5 Å². The molecule has 0 aliphatic carbocycles. The number of imidazole rings is 1. The van der Waals surface area contributed by atoms with Crippen LogP contribution in [0.4, 0.5) is 11.6 Å². The Balaban J connectivity index is 1.44. The molecule has 0 atom stereocenters. The monoisotopic (exact) mass is 395 g/mol. The minimum Gasteiger partial charge on any atom is -0.497 e. The maximum atomic E-state index is 12.7. The summed E-state index contributed by atoms with van der Waals surface area (Å²) in [5.41, 5.74) is 0.258. The van der Waals surface area contributed by atoms with E-state index >= 15 is 0 Å². The van der Waals surface area contributed by atoms with E-state index in [9.17, 15) is 9.59 Å². The maximum Gasteiger partial charge on any atom is 0.286 e. The molecule has 10 nitrogen and oxygen atoms in total. The summed E-state index contributed by atoms with van der Waals surface area (Å²) < 4.78 is 8.58. The van der Waals surface area contributed by atoms with E-state index in [0.717, 1.165) is 18.0 Å². The van der Waals surface area contributed by atoms with Crippen LogP contribution in [0, 0.1) is 0 Å². The van der Waals surface area contributed by atoms with Gasteiger partial charge < -0.3 is 19.5 Å². The molecule has 1 aliphatic rings. The van der Waals surface area contributed by atoms with Gasteiger partial charge in [-0.1, -0.05) is 0 Å². The van der Waals surface area contributed by atoms with Crippen molar-refractivity contribution in [2.75, 3.05) is 25.1 Å². The van der Waals surface area contributed by atoms with Gasteiger partial charge in [0.25, 0.3) is 11.5 Å². The van der Waals surface area contributed by atoms with Crippen LogP contribution >= 0.6 is 0 Å². The fraction of sp³-hybridized carbons (Fsp3) is 0.316. The van der Waals surface area contributed by atoms with Gasteiger partial charge in [0.2, 0.25) is 11.6 Å². The van der Waals surface area contributed by atoms with E-state index in [2.05, 4.69) is 20.5 Å². The number of carbonyl (C=O) groups is 1. The molecule has 1 aromatic carbocycles. The molecule has 2 aromatic heterocycles. The molecule has 3 aromatic rings. The summed E-state index contributed by atoms with van der Waals surface area (Å²) in [4.78, 5) is 31.0. The van der Waals surface area contributed by atoms with Gasteiger partial charge in [0.1, 0.15) is 5.75 Å². The third kappa shape index (κ3) is 3.82. The van der Waals surface area contributed by atoms with E-state index < -0.39 is 11.5 Å². The predicted molar refractivity (Wildman–Crippen MR) is 105 cm³/mol. The van der Waals surface area contributed by atoms with Gasteiger partial charge in [-0.05, 0) is 30.7 Å². The first-order chi connectivity index (χ1) is 14.2. The molecule has 0 saturated heterocycles. The lowest BCUT2D eigenvalue weighted by molar-refractivity contribution is 0.0944. The van der Waals surface area contributed by atoms with Gasteiger partial charge in [-0.25, -0.2) is 4.98 Å². The van der Waals surface area contributed by atoms with Crippen LogP contribution in [0.5, 0.6) is 5.75 Å². The average molecular weight is 395 g/mol. The number of anilines is 2. The zero-order valence-corrected chi connectivity index (χ0v) is 16.0. The minimum atomic E-state index is -0.508. The molecule has 1 amide bonds. The summed E-state index contributed by atoms with van der Waals surface area (Å²) in [6, 6.07) is 7.47. The summed E-state index contributed by atoms with van der Waals surface area (Å²) in [7, 11) is 1.61. The molecule has 1 N–H and O–H groups in total. The van der Waals surface area contributed by atoms with Gasteiger partial charge >= 0.3 is 0 Å². The van der Waals surface area contributed by atoms with Crippen LogP contribution in [-0.4, -0.2) is 50.4 Å².